The molecule has 1 aliphatic rings. The Morgan fingerprint density at radius 2 is 1.35 bits per heavy atom. The highest BCUT2D eigenvalue weighted by molar-refractivity contribution is 7.52. The topological polar surface area (TPSA) is 230 Å². The van der Waals surface area contributed by atoms with Gasteiger partial charge < -0.3 is 49.5 Å². The van der Waals surface area contributed by atoms with E-state index in [4.69, 9.17) is 19.3 Å². The highest BCUT2D eigenvalue weighted by Crippen LogP contribution is 2.42. The van der Waals surface area contributed by atoms with Crippen LogP contribution < -0.4 is 11.2 Å². The molecule has 7 atom stereocenters. The van der Waals surface area contributed by atoms with Crippen molar-refractivity contribution < 1.29 is 58.5 Å². The van der Waals surface area contributed by atoms with Crippen molar-refractivity contribution in [1.29, 1.82) is 0 Å². The van der Waals surface area contributed by atoms with Gasteiger partial charge in [-0.3, -0.25) is 13.9 Å². The first-order valence-corrected chi connectivity index (χ1v) is 20.2. The van der Waals surface area contributed by atoms with Crippen LogP contribution in [0.1, 0.15) is 134 Å². The molecule has 2 heterocycles. The van der Waals surface area contributed by atoms with Crippen molar-refractivity contribution in [3.8, 4) is 0 Å². The molecular formula is C34H62FN2O13P. The summed E-state index contributed by atoms with van der Waals surface area (Å²) in [6, 6.07) is 0. The number of aliphatic hydroxyl groups excluding tert-OH is 4. The molecule has 0 saturated carbocycles. The van der Waals surface area contributed by atoms with Crippen LogP contribution in [0.4, 0.5) is 4.39 Å². The van der Waals surface area contributed by atoms with Gasteiger partial charge in [0.25, 0.3) is 11.5 Å². The molecule has 17 heteroatoms. The summed E-state index contributed by atoms with van der Waals surface area (Å²) in [5.41, 5.74) is -2.30. The fourth-order valence-corrected chi connectivity index (χ4v) is 6.74. The average molecular weight is 757 g/mol. The Labute approximate surface area is 299 Å². The molecule has 1 aliphatic heterocycles. The molecular weight excluding hydrogens is 694 g/mol. The number of alkyl halides is 1. The number of halogens is 1. The molecule has 0 spiro atoms. The van der Waals surface area contributed by atoms with Gasteiger partial charge in [0, 0.05) is 18.7 Å². The Morgan fingerprint density at radius 1 is 0.843 bits per heavy atom. The number of aromatic nitrogens is 2. The fourth-order valence-electron chi connectivity index (χ4n) is 6.44. The maximum Gasteiger partial charge on any atom is 0.386 e. The number of rotatable bonds is 26. The van der Waals surface area contributed by atoms with Gasteiger partial charge in [-0.05, 0) is 26.2 Å². The van der Waals surface area contributed by atoms with Gasteiger partial charge in [-0.1, -0.05) is 97.3 Å². The summed E-state index contributed by atoms with van der Waals surface area (Å²) in [6.07, 6.45) is 4.97. The largest absolute Gasteiger partial charge is 0.394 e. The van der Waals surface area contributed by atoms with Crippen LogP contribution >= 0.6 is 7.60 Å². The third-order valence-corrected chi connectivity index (χ3v) is 10.1. The first-order valence-electron chi connectivity index (χ1n) is 18.5. The van der Waals surface area contributed by atoms with Crippen LogP contribution in [0, 0.1) is 6.92 Å². The average Bonchev–Trinajstić information content (AvgIpc) is 3.09. The smallest absolute Gasteiger partial charge is 0.386 e. The molecule has 0 bridgehead atoms. The van der Waals surface area contributed by atoms with Gasteiger partial charge in [-0.15, -0.1) is 0 Å². The highest BCUT2D eigenvalue weighted by atomic mass is 31.2. The molecule has 7 N–H and O–H groups in total. The third kappa shape index (κ3) is 13.1. The van der Waals surface area contributed by atoms with E-state index in [0.717, 1.165) is 30.3 Å². The Bertz CT molecular complexity index is 1320. The lowest BCUT2D eigenvalue weighted by Crippen LogP contribution is -2.70. The minimum atomic E-state index is -5.19. The van der Waals surface area contributed by atoms with E-state index in [0.29, 0.717) is 13.0 Å². The minimum absolute atomic E-state index is 0.0905. The summed E-state index contributed by atoms with van der Waals surface area (Å²) in [4.78, 5) is 45.7. The molecule has 2 rings (SSSR count). The van der Waals surface area contributed by atoms with Gasteiger partial charge in [0.05, 0.1) is 25.0 Å². The number of unbranched alkanes of at least 4 members (excludes halogenated alkanes) is 13. The second-order valence-corrected chi connectivity index (χ2v) is 15.1. The molecule has 51 heavy (non-hydrogen) atoms. The minimum Gasteiger partial charge on any atom is -0.394 e. The van der Waals surface area contributed by atoms with E-state index in [1.54, 1.807) is 6.92 Å². The third-order valence-electron chi connectivity index (χ3n) is 9.42. The van der Waals surface area contributed by atoms with E-state index in [1.165, 1.54) is 71.1 Å². The molecule has 0 radical (unpaired) electrons. The zero-order valence-corrected chi connectivity index (χ0v) is 31.3. The molecule has 1 aromatic heterocycles. The van der Waals surface area contributed by atoms with Crippen LogP contribution in [0.15, 0.2) is 9.59 Å². The summed E-state index contributed by atoms with van der Waals surface area (Å²) < 4.78 is 42.1. The summed E-state index contributed by atoms with van der Waals surface area (Å²) in [5, 5.41) is 52.3. The number of aliphatic hydroxyl groups is 5. The normalized spacial score (nSPS) is 23.8. The van der Waals surface area contributed by atoms with Crippen molar-refractivity contribution in [2.24, 2.45) is 0 Å². The lowest BCUT2D eigenvalue weighted by molar-refractivity contribution is -0.393. The Balaban J connectivity index is 2.16. The predicted molar refractivity (Wildman–Crippen MR) is 187 cm³/mol. The summed E-state index contributed by atoms with van der Waals surface area (Å²) in [6.45, 7) is 3.86. The van der Waals surface area contributed by atoms with Gasteiger partial charge in [-0.2, -0.15) is 0 Å². The fraction of sp³-hybridized carbons (Fsp3) is 0.882. The molecule has 1 fully saturated rings. The predicted octanol–water partition coefficient (Wildman–Crippen LogP) is 3.18. The van der Waals surface area contributed by atoms with Crippen molar-refractivity contribution in [2.75, 3.05) is 19.8 Å². The van der Waals surface area contributed by atoms with Gasteiger partial charge in [0.2, 0.25) is 0 Å². The van der Waals surface area contributed by atoms with Crippen LogP contribution in [0.25, 0.3) is 0 Å². The monoisotopic (exact) mass is 756 g/mol. The lowest BCUT2D eigenvalue weighted by Gasteiger charge is -2.45. The standard InChI is InChI=1S/C34H62FN2O13P/c1-4-6-7-8-9-10-11-12-13-14-15-16-17-18-21-48-25(5-2)27-24(3)31(42)37(34(44)30(41)29(40)28(39)26(23-38)50-34)33(43)36(27)20-19-22-49-32(35)51(45,46)47/h25-26,28-30,32,38-41,44H,4-23H2,1-3H3,(H2,45,46,47)/t25?,26-,28+,29+,30-,32?,34+/m1/s1. The first kappa shape index (κ1) is 45.6. The van der Waals surface area contributed by atoms with Crippen molar-refractivity contribution >= 4 is 7.60 Å². The van der Waals surface area contributed by atoms with Crippen LogP contribution in [-0.4, -0.2) is 94.8 Å². The van der Waals surface area contributed by atoms with E-state index in [1.807, 2.05) is 0 Å². The molecule has 1 saturated heterocycles. The maximum atomic E-state index is 14.0. The van der Waals surface area contributed by atoms with Crippen molar-refractivity contribution in [3.05, 3.63) is 32.1 Å². The lowest BCUT2D eigenvalue weighted by atomic mass is 9.96. The molecule has 15 nitrogen and oxygen atoms in total. The quantitative estimate of drug-likeness (QED) is 0.0533. The van der Waals surface area contributed by atoms with Crippen LogP contribution in [0.5, 0.6) is 0 Å². The molecule has 2 unspecified atom stereocenters. The van der Waals surface area contributed by atoms with E-state index < -0.39 is 74.6 Å². The van der Waals surface area contributed by atoms with Crippen LogP contribution in [0.2, 0.25) is 0 Å². The second kappa shape index (κ2) is 22.6. The van der Waals surface area contributed by atoms with Crippen molar-refractivity contribution in [2.45, 2.75) is 173 Å². The van der Waals surface area contributed by atoms with E-state index in [-0.39, 0.29) is 28.8 Å². The number of nitrogens with zero attached hydrogens (tertiary/aromatic N) is 2. The molecule has 298 valence electrons. The molecule has 0 aliphatic carbocycles. The van der Waals surface area contributed by atoms with Crippen molar-refractivity contribution in [3.63, 3.8) is 0 Å². The van der Waals surface area contributed by atoms with Crippen LogP contribution in [-0.2, 0) is 31.2 Å². The van der Waals surface area contributed by atoms with Crippen molar-refractivity contribution in [1.82, 2.24) is 9.13 Å². The number of hydrogen-bond donors (Lipinski definition) is 7. The maximum absolute atomic E-state index is 14.0. The Kier molecular flexibility index (Phi) is 20.2. The zero-order chi connectivity index (χ0) is 38.2. The number of ether oxygens (including phenoxy) is 3. The number of hydrogen-bond acceptors (Lipinski definition) is 11. The molecule has 1 aromatic rings. The van der Waals surface area contributed by atoms with Gasteiger partial charge >= 0.3 is 19.4 Å². The van der Waals surface area contributed by atoms with Gasteiger partial charge in [-0.25, -0.2) is 13.8 Å². The van der Waals surface area contributed by atoms with Crippen LogP contribution in [0.3, 0.4) is 0 Å². The zero-order valence-electron chi connectivity index (χ0n) is 30.4. The van der Waals surface area contributed by atoms with E-state index in [2.05, 4.69) is 11.7 Å². The highest BCUT2D eigenvalue weighted by Gasteiger charge is 2.56. The van der Waals surface area contributed by atoms with E-state index in [9.17, 15) is 44.1 Å². The summed E-state index contributed by atoms with van der Waals surface area (Å²) in [7, 11) is -5.19. The van der Waals surface area contributed by atoms with Gasteiger partial charge in [0.15, 0.2) is 6.10 Å². The first-order chi connectivity index (χ1) is 24.2. The van der Waals surface area contributed by atoms with Gasteiger partial charge in [0.1, 0.15) is 18.3 Å². The second-order valence-electron chi connectivity index (χ2n) is 13.5. The Morgan fingerprint density at radius 3 is 1.84 bits per heavy atom. The summed E-state index contributed by atoms with van der Waals surface area (Å²) in [5.74, 6) is -3.22. The molecule has 0 aromatic carbocycles. The Hall–Kier alpha value is -1.56. The SMILES string of the molecule is CCCCCCCCCCCCCCCCOC(CC)c1c(C)c(=O)n([C@@]2(O)O[C@H](CO)[C@H](O)[C@H](O)[C@H]2O)c(=O)n1CCCOC(F)P(=O)(O)O. The molecule has 0 amide bonds. The van der Waals surface area contributed by atoms with E-state index >= 15 is 0 Å². The summed E-state index contributed by atoms with van der Waals surface area (Å²) >= 11 is 0.